The molecule has 1 aliphatic carbocycles. The number of rotatable bonds is 7. The van der Waals surface area contributed by atoms with E-state index in [2.05, 4.69) is 0 Å². The third-order valence-electron chi connectivity index (χ3n) is 3.78. The maximum Gasteiger partial charge on any atom is 0.243 e. The number of aliphatic hydroxyl groups is 1. The highest BCUT2D eigenvalue weighted by atomic mass is 32.2. The molecule has 0 heterocycles. The zero-order valence-corrected chi connectivity index (χ0v) is 12.9. The largest absolute Gasteiger partial charge is 0.388 e. The summed E-state index contributed by atoms with van der Waals surface area (Å²) in [4.78, 5) is 0.282. The van der Waals surface area contributed by atoms with Gasteiger partial charge in [-0.2, -0.15) is 4.31 Å². The fourth-order valence-corrected chi connectivity index (χ4v) is 3.83. The molecular weight excluding hydrogens is 274 g/mol. The van der Waals surface area contributed by atoms with Gasteiger partial charge in [0.15, 0.2) is 0 Å². The molecule has 1 aromatic rings. The predicted molar refractivity (Wildman–Crippen MR) is 78.8 cm³/mol. The lowest BCUT2D eigenvalue weighted by Crippen LogP contribution is -2.32. The molecule has 0 aliphatic heterocycles. The van der Waals surface area contributed by atoms with Crippen LogP contribution in [0.5, 0.6) is 0 Å². The smallest absolute Gasteiger partial charge is 0.243 e. The topological polar surface area (TPSA) is 57.6 Å². The summed E-state index contributed by atoms with van der Waals surface area (Å²) in [5.74, 6) is 0.522. The van der Waals surface area contributed by atoms with E-state index in [9.17, 15) is 13.5 Å². The number of hydrogen-bond donors (Lipinski definition) is 1. The van der Waals surface area contributed by atoms with Gasteiger partial charge in [0.2, 0.25) is 10.0 Å². The van der Waals surface area contributed by atoms with Crippen molar-refractivity contribution in [2.75, 3.05) is 13.1 Å². The Balaban J connectivity index is 2.27. The van der Waals surface area contributed by atoms with Gasteiger partial charge in [-0.05, 0) is 42.9 Å². The normalized spacial score (nSPS) is 17.4. The van der Waals surface area contributed by atoms with Gasteiger partial charge in [0.25, 0.3) is 0 Å². The van der Waals surface area contributed by atoms with Crippen molar-refractivity contribution in [3.63, 3.8) is 0 Å². The Kier molecular flexibility index (Phi) is 4.83. The van der Waals surface area contributed by atoms with Crippen LogP contribution in [-0.4, -0.2) is 30.9 Å². The summed E-state index contributed by atoms with van der Waals surface area (Å²) in [5, 5.41) is 9.86. The Labute approximate surface area is 121 Å². The molecule has 2 rings (SSSR count). The van der Waals surface area contributed by atoms with Crippen LogP contribution < -0.4 is 0 Å². The summed E-state index contributed by atoms with van der Waals surface area (Å²) >= 11 is 0. The van der Waals surface area contributed by atoms with Crippen LogP contribution >= 0.6 is 0 Å². The SMILES string of the molecule is CCC(O)c1cccc(S(=O)(=O)N(CC)CC2CC2)c1. The van der Waals surface area contributed by atoms with Gasteiger partial charge in [-0.3, -0.25) is 0 Å². The van der Waals surface area contributed by atoms with E-state index in [0.29, 0.717) is 31.0 Å². The molecule has 0 amide bonds. The zero-order valence-electron chi connectivity index (χ0n) is 12.1. The van der Waals surface area contributed by atoms with E-state index >= 15 is 0 Å². The van der Waals surface area contributed by atoms with Gasteiger partial charge in [-0.25, -0.2) is 8.42 Å². The molecule has 112 valence electrons. The van der Waals surface area contributed by atoms with Gasteiger partial charge in [-0.1, -0.05) is 26.0 Å². The summed E-state index contributed by atoms with van der Waals surface area (Å²) < 4.78 is 26.8. The molecule has 0 radical (unpaired) electrons. The van der Waals surface area contributed by atoms with Gasteiger partial charge in [-0.15, -0.1) is 0 Å². The molecule has 1 saturated carbocycles. The van der Waals surface area contributed by atoms with E-state index in [0.717, 1.165) is 12.8 Å². The minimum Gasteiger partial charge on any atom is -0.388 e. The van der Waals surface area contributed by atoms with Crippen molar-refractivity contribution >= 4 is 10.0 Å². The first-order valence-electron chi connectivity index (χ1n) is 7.27. The Morgan fingerprint density at radius 3 is 2.60 bits per heavy atom. The third-order valence-corrected chi connectivity index (χ3v) is 5.72. The van der Waals surface area contributed by atoms with Crippen molar-refractivity contribution in [1.29, 1.82) is 0 Å². The van der Waals surface area contributed by atoms with Gasteiger partial charge < -0.3 is 5.11 Å². The average molecular weight is 297 g/mol. The van der Waals surface area contributed by atoms with Crippen LogP contribution in [0, 0.1) is 5.92 Å². The monoisotopic (exact) mass is 297 g/mol. The van der Waals surface area contributed by atoms with Crippen LogP contribution in [0.15, 0.2) is 29.2 Å². The van der Waals surface area contributed by atoms with Gasteiger partial charge >= 0.3 is 0 Å². The van der Waals surface area contributed by atoms with Crippen molar-refractivity contribution in [1.82, 2.24) is 4.31 Å². The van der Waals surface area contributed by atoms with Crippen molar-refractivity contribution in [2.45, 2.75) is 44.1 Å². The third kappa shape index (κ3) is 3.40. The van der Waals surface area contributed by atoms with E-state index in [-0.39, 0.29) is 4.90 Å². The Hall–Kier alpha value is -0.910. The standard InChI is InChI=1S/C15H23NO3S/c1-3-15(17)13-6-5-7-14(10-13)20(18,19)16(4-2)11-12-8-9-12/h5-7,10,12,15,17H,3-4,8-9,11H2,1-2H3. The molecule has 4 nitrogen and oxygen atoms in total. The molecule has 1 atom stereocenters. The second-order valence-electron chi connectivity index (χ2n) is 5.40. The van der Waals surface area contributed by atoms with Gasteiger partial charge in [0, 0.05) is 13.1 Å². The minimum atomic E-state index is -3.45. The Morgan fingerprint density at radius 2 is 2.05 bits per heavy atom. The molecule has 0 saturated heterocycles. The molecule has 1 unspecified atom stereocenters. The number of aliphatic hydroxyl groups excluding tert-OH is 1. The van der Waals surface area contributed by atoms with E-state index in [1.54, 1.807) is 28.6 Å². The molecule has 1 N–H and O–H groups in total. The van der Waals surface area contributed by atoms with Gasteiger partial charge in [0.05, 0.1) is 11.0 Å². The van der Waals surface area contributed by atoms with Crippen molar-refractivity contribution in [2.24, 2.45) is 5.92 Å². The summed E-state index contributed by atoms with van der Waals surface area (Å²) in [6.45, 7) is 4.83. The van der Waals surface area contributed by atoms with Crippen LogP contribution in [0.3, 0.4) is 0 Å². The second-order valence-corrected chi connectivity index (χ2v) is 7.33. The maximum absolute atomic E-state index is 12.6. The summed E-state index contributed by atoms with van der Waals surface area (Å²) in [6, 6.07) is 6.67. The lowest BCUT2D eigenvalue weighted by Gasteiger charge is -2.21. The van der Waals surface area contributed by atoms with Crippen LogP contribution in [0.1, 0.15) is 44.8 Å². The van der Waals surface area contributed by atoms with E-state index < -0.39 is 16.1 Å². The molecule has 5 heteroatoms. The highest BCUT2D eigenvalue weighted by molar-refractivity contribution is 7.89. The molecule has 0 spiro atoms. The van der Waals surface area contributed by atoms with Crippen LogP contribution in [0.2, 0.25) is 0 Å². The second kappa shape index (κ2) is 6.24. The molecule has 1 fully saturated rings. The summed E-state index contributed by atoms with van der Waals surface area (Å²) in [7, 11) is -3.45. The number of benzene rings is 1. The Bertz CT molecular complexity index is 552. The van der Waals surface area contributed by atoms with Gasteiger partial charge in [0.1, 0.15) is 0 Å². The van der Waals surface area contributed by atoms with Crippen molar-refractivity contribution < 1.29 is 13.5 Å². The number of hydrogen-bond acceptors (Lipinski definition) is 3. The summed E-state index contributed by atoms with van der Waals surface area (Å²) in [6.07, 6.45) is 2.22. The van der Waals surface area contributed by atoms with E-state index in [1.807, 2.05) is 13.8 Å². The predicted octanol–water partition coefficient (Wildman–Crippen LogP) is 2.55. The average Bonchev–Trinajstić information content (AvgIpc) is 3.27. The molecule has 20 heavy (non-hydrogen) atoms. The maximum atomic E-state index is 12.6. The first kappa shape index (κ1) is 15.5. The minimum absolute atomic E-state index is 0.282. The molecule has 0 bridgehead atoms. The first-order chi connectivity index (χ1) is 9.48. The number of nitrogens with zero attached hydrogens (tertiary/aromatic N) is 1. The highest BCUT2D eigenvalue weighted by Crippen LogP contribution is 2.32. The zero-order chi connectivity index (χ0) is 14.8. The number of sulfonamides is 1. The van der Waals surface area contributed by atoms with E-state index in [4.69, 9.17) is 0 Å². The Morgan fingerprint density at radius 1 is 1.35 bits per heavy atom. The van der Waals surface area contributed by atoms with E-state index in [1.165, 1.54) is 0 Å². The van der Waals surface area contributed by atoms with Crippen LogP contribution in [-0.2, 0) is 10.0 Å². The molecule has 1 aliphatic rings. The molecular formula is C15H23NO3S. The highest BCUT2D eigenvalue weighted by Gasteiger charge is 2.30. The van der Waals surface area contributed by atoms with Crippen molar-refractivity contribution in [3.8, 4) is 0 Å². The first-order valence-corrected chi connectivity index (χ1v) is 8.71. The van der Waals surface area contributed by atoms with Crippen LogP contribution in [0.4, 0.5) is 0 Å². The van der Waals surface area contributed by atoms with Crippen LogP contribution in [0.25, 0.3) is 0 Å². The lowest BCUT2D eigenvalue weighted by molar-refractivity contribution is 0.173. The lowest BCUT2D eigenvalue weighted by atomic mass is 10.1. The quantitative estimate of drug-likeness (QED) is 0.841. The molecule has 0 aromatic heterocycles. The van der Waals surface area contributed by atoms with Crippen molar-refractivity contribution in [3.05, 3.63) is 29.8 Å². The summed E-state index contributed by atoms with van der Waals surface area (Å²) in [5.41, 5.74) is 0.663. The fourth-order valence-electron chi connectivity index (χ4n) is 2.25. The fraction of sp³-hybridized carbons (Fsp3) is 0.600. The molecule has 1 aromatic carbocycles.